The summed E-state index contributed by atoms with van der Waals surface area (Å²) in [7, 11) is 0. The first-order valence-electron chi connectivity index (χ1n) is 6.57. The second kappa shape index (κ2) is 5.40. The van der Waals surface area contributed by atoms with Gasteiger partial charge >= 0.3 is 5.69 Å². The molecule has 114 valence electrons. The van der Waals surface area contributed by atoms with Gasteiger partial charge in [-0.15, -0.1) is 0 Å². The lowest BCUT2D eigenvalue weighted by atomic mass is 10.2. The molecule has 0 aliphatic rings. The van der Waals surface area contributed by atoms with E-state index >= 15 is 0 Å². The van der Waals surface area contributed by atoms with Crippen molar-refractivity contribution in [3.8, 4) is 5.95 Å². The van der Waals surface area contributed by atoms with Gasteiger partial charge in [0.05, 0.1) is 15.9 Å². The van der Waals surface area contributed by atoms with Crippen LogP contribution >= 0.6 is 27.5 Å². The zero-order valence-electron chi connectivity index (χ0n) is 11.8. The van der Waals surface area contributed by atoms with Crippen molar-refractivity contribution in [1.82, 2.24) is 19.1 Å². The third-order valence-electron chi connectivity index (χ3n) is 3.35. The fourth-order valence-electron chi connectivity index (χ4n) is 2.31. The number of aromatic nitrogens is 4. The molecule has 0 saturated heterocycles. The Morgan fingerprint density at radius 2 is 2.05 bits per heavy atom. The average molecular weight is 384 g/mol. The first kappa shape index (κ1) is 15.1. The van der Waals surface area contributed by atoms with Gasteiger partial charge in [0.2, 0.25) is 5.95 Å². The molecule has 0 radical (unpaired) electrons. The Bertz CT molecular complexity index is 987. The summed E-state index contributed by atoms with van der Waals surface area (Å²) < 4.78 is 3.82. The molecule has 2 aromatic heterocycles. The molecular weight excluding hydrogens is 372 g/mol. The smallest absolute Gasteiger partial charge is 0.314 e. The van der Waals surface area contributed by atoms with Gasteiger partial charge in [-0.1, -0.05) is 11.6 Å². The van der Waals surface area contributed by atoms with Crippen molar-refractivity contribution in [2.24, 2.45) is 0 Å². The Hall–Kier alpha value is -1.86. The number of fused-ring (bicyclic) bond motifs is 1. The number of rotatable bonds is 2. The minimum atomic E-state index is -0.542. The normalized spacial score (nSPS) is 11.5. The van der Waals surface area contributed by atoms with Crippen LogP contribution in [0.1, 0.15) is 19.9 Å². The SMILES string of the molecule is CC(C)n1ccnc1-n1c(=O)[nH]c(=O)c2cc(Cl)c(Br)cc21. The van der Waals surface area contributed by atoms with Gasteiger partial charge in [-0.3, -0.25) is 9.78 Å². The van der Waals surface area contributed by atoms with Crippen LogP contribution in [0.2, 0.25) is 5.02 Å². The molecule has 3 rings (SSSR count). The third-order valence-corrected chi connectivity index (χ3v) is 4.55. The van der Waals surface area contributed by atoms with Crippen molar-refractivity contribution >= 4 is 38.4 Å². The zero-order valence-corrected chi connectivity index (χ0v) is 14.1. The summed E-state index contributed by atoms with van der Waals surface area (Å²) in [5, 5.41) is 0.724. The Labute approximate surface area is 138 Å². The van der Waals surface area contributed by atoms with Gasteiger partial charge in [-0.25, -0.2) is 14.3 Å². The van der Waals surface area contributed by atoms with Crippen LogP contribution in [0, 0.1) is 0 Å². The van der Waals surface area contributed by atoms with Crippen LogP contribution in [0.3, 0.4) is 0 Å². The van der Waals surface area contributed by atoms with Gasteiger partial charge in [0.1, 0.15) is 0 Å². The highest BCUT2D eigenvalue weighted by Gasteiger charge is 2.16. The molecule has 22 heavy (non-hydrogen) atoms. The van der Waals surface area contributed by atoms with Gasteiger partial charge in [0.15, 0.2) is 0 Å². The zero-order chi connectivity index (χ0) is 16.0. The van der Waals surface area contributed by atoms with E-state index in [1.165, 1.54) is 10.6 Å². The second-order valence-corrected chi connectivity index (χ2v) is 6.37. The molecule has 0 fully saturated rings. The van der Waals surface area contributed by atoms with Gasteiger partial charge < -0.3 is 4.57 Å². The Morgan fingerprint density at radius 1 is 1.32 bits per heavy atom. The highest BCUT2D eigenvalue weighted by atomic mass is 79.9. The average Bonchev–Trinajstić information content (AvgIpc) is 2.90. The van der Waals surface area contributed by atoms with Crippen molar-refractivity contribution in [3.05, 3.63) is 54.9 Å². The maximum atomic E-state index is 12.3. The fraction of sp³-hybridized carbons (Fsp3) is 0.214. The van der Waals surface area contributed by atoms with E-state index in [-0.39, 0.29) is 6.04 Å². The van der Waals surface area contributed by atoms with Crippen LogP contribution in [0.4, 0.5) is 0 Å². The van der Waals surface area contributed by atoms with E-state index in [9.17, 15) is 9.59 Å². The number of imidazole rings is 1. The van der Waals surface area contributed by atoms with E-state index in [0.717, 1.165) is 0 Å². The Morgan fingerprint density at radius 3 is 2.73 bits per heavy atom. The number of aromatic amines is 1. The van der Waals surface area contributed by atoms with Crippen molar-refractivity contribution in [1.29, 1.82) is 0 Å². The quantitative estimate of drug-likeness (QED) is 0.739. The maximum absolute atomic E-state index is 12.3. The molecule has 0 spiro atoms. The number of benzene rings is 1. The lowest BCUT2D eigenvalue weighted by molar-refractivity contribution is 0.581. The van der Waals surface area contributed by atoms with E-state index in [1.807, 2.05) is 18.4 Å². The number of nitrogens with one attached hydrogen (secondary N) is 1. The van der Waals surface area contributed by atoms with Crippen molar-refractivity contribution in [3.63, 3.8) is 0 Å². The Kier molecular flexibility index (Phi) is 3.70. The van der Waals surface area contributed by atoms with Gasteiger partial charge in [0.25, 0.3) is 5.56 Å². The molecular formula is C14H12BrClN4O2. The summed E-state index contributed by atoms with van der Waals surface area (Å²) in [4.78, 5) is 30.9. The van der Waals surface area contributed by atoms with Gasteiger partial charge in [-0.2, -0.15) is 0 Å². The number of hydrogen-bond donors (Lipinski definition) is 1. The van der Waals surface area contributed by atoms with E-state index in [2.05, 4.69) is 25.9 Å². The number of halogens is 2. The molecule has 0 saturated carbocycles. The molecule has 1 aromatic carbocycles. The summed E-state index contributed by atoms with van der Waals surface area (Å²) in [6.45, 7) is 3.97. The summed E-state index contributed by atoms with van der Waals surface area (Å²) >= 11 is 9.37. The molecule has 8 heteroatoms. The predicted octanol–water partition coefficient (Wildman–Crippen LogP) is 2.87. The van der Waals surface area contributed by atoms with Crippen LogP contribution in [0.5, 0.6) is 0 Å². The highest BCUT2D eigenvalue weighted by Crippen LogP contribution is 2.27. The van der Waals surface area contributed by atoms with Gasteiger partial charge in [0, 0.05) is 22.9 Å². The molecule has 0 bridgehead atoms. The molecule has 2 heterocycles. The largest absolute Gasteiger partial charge is 0.335 e. The summed E-state index contributed by atoms with van der Waals surface area (Å²) in [5.74, 6) is 0.440. The fourth-order valence-corrected chi connectivity index (χ4v) is 2.81. The second-order valence-electron chi connectivity index (χ2n) is 5.11. The first-order valence-corrected chi connectivity index (χ1v) is 7.74. The maximum Gasteiger partial charge on any atom is 0.335 e. The van der Waals surface area contributed by atoms with Crippen molar-refractivity contribution in [2.45, 2.75) is 19.9 Å². The highest BCUT2D eigenvalue weighted by molar-refractivity contribution is 9.10. The van der Waals surface area contributed by atoms with Crippen molar-refractivity contribution in [2.75, 3.05) is 0 Å². The molecule has 0 unspecified atom stereocenters. The van der Waals surface area contributed by atoms with Crippen LogP contribution in [-0.4, -0.2) is 19.1 Å². The topological polar surface area (TPSA) is 72.7 Å². The van der Waals surface area contributed by atoms with Crippen LogP contribution < -0.4 is 11.2 Å². The predicted molar refractivity (Wildman–Crippen MR) is 89.0 cm³/mol. The Balaban J connectivity index is 2.49. The van der Waals surface area contributed by atoms with Crippen molar-refractivity contribution < 1.29 is 0 Å². The van der Waals surface area contributed by atoms with Crippen LogP contribution in [-0.2, 0) is 0 Å². The molecule has 0 aliphatic carbocycles. The number of hydrogen-bond acceptors (Lipinski definition) is 3. The standard InChI is InChI=1S/C14H12BrClN4O2/c1-7(2)19-4-3-17-13(19)20-11-6-9(15)10(16)5-8(11)12(21)18-14(20)22/h3-7H,1-2H3,(H,18,21,22). The molecule has 0 aliphatic heterocycles. The number of H-pyrrole nitrogens is 1. The van der Waals surface area contributed by atoms with E-state index in [1.54, 1.807) is 18.5 Å². The lowest BCUT2D eigenvalue weighted by Crippen LogP contribution is -2.31. The minimum absolute atomic E-state index is 0.113. The molecule has 6 nitrogen and oxygen atoms in total. The lowest BCUT2D eigenvalue weighted by Gasteiger charge is -2.14. The summed E-state index contributed by atoms with van der Waals surface area (Å²) in [5.41, 5.74) is -0.578. The van der Waals surface area contributed by atoms with Crippen LogP contribution in [0.25, 0.3) is 16.9 Å². The molecule has 0 atom stereocenters. The van der Waals surface area contributed by atoms with E-state index < -0.39 is 11.2 Å². The molecule has 3 aromatic rings. The summed E-state index contributed by atoms with van der Waals surface area (Å²) in [6.07, 6.45) is 3.40. The molecule has 0 amide bonds. The van der Waals surface area contributed by atoms with Gasteiger partial charge in [-0.05, 0) is 41.9 Å². The van der Waals surface area contributed by atoms with E-state index in [4.69, 9.17) is 11.6 Å². The van der Waals surface area contributed by atoms with Crippen LogP contribution in [0.15, 0.2) is 38.6 Å². The number of nitrogens with zero attached hydrogens (tertiary/aromatic N) is 3. The first-order chi connectivity index (χ1) is 10.4. The van der Waals surface area contributed by atoms with E-state index in [0.29, 0.717) is 26.3 Å². The summed E-state index contributed by atoms with van der Waals surface area (Å²) in [6, 6.07) is 3.29. The monoisotopic (exact) mass is 382 g/mol. The third kappa shape index (κ3) is 2.30. The minimum Gasteiger partial charge on any atom is -0.314 e. The molecule has 1 N–H and O–H groups in total.